The quantitative estimate of drug-likeness (QED) is 0.899. The van der Waals surface area contributed by atoms with Gasteiger partial charge in [0.05, 0.1) is 6.54 Å². The third-order valence-electron chi connectivity index (χ3n) is 2.73. The van der Waals surface area contributed by atoms with E-state index in [9.17, 15) is 0 Å². The second kappa shape index (κ2) is 5.98. The fourth-order valence-corrected chi connectivity index (χ4v) is 2.61. The first-order chi connectivity index (χ1) is 8.65. The minimum absolute atomic E-state index is 0.182. The summed E-state index contributed by atoms with van der Waals surface area (Å²) in [7, 11) is 2.06. The first-order valence-electron chi connectivity index (χ1n) is 6.09. The number of hydrogen-bond donors (Lipinski definition) is 1. The lowest BCUT2D eigenvalue weighted by molar-refractivity contribution is 0.735. The first-order valence-corrected chi connectivity index (χ1v) is 6.97. The third-order valence-corrected chi connectivity index (χ3v) is 3.59. The van der Waals surface area contributed by atoms with Crippen LogP contribution in [0, 0.1) is 0 Å². The summed E-state index contributed by atoms with van der Waals surface area (Å²) in [5.41, 5.74) is 6.97. The van der Waals surface area contributed by atoms with Gasteiger partial charge in [-0.1, -0.05) is 12.1 Å². The summed E-state index contributed by atoms with van der Waals surface area (Å²) in [5, 5.41) is 2.10. The van der Waals surface area contributed by atoms with Crippen LogP contribution in [-0.2, 0) is 13.0 Å². The molecule has 96 valence electrons. The number of aromatic nitrogens is 1. The molecule has 0 amide bonds. The molecule has 2 N–H and O–H groups in total. The van der Waals surface area contributed by atoms with E-state index in [0.717, 1.165) is 18.8 Å². The number of nitrogens with two attached hydrogens (primary N) is 1. The van der Waals surface area contributed by atoms with E-state index in [1.165, 1.54) is 10.4 Å². The lowest BCUT2D eigenvalue weighted by Gasteiger charge is -2.17. The van der Waals surface area contributed by atoms with Crippen LogP contribution in [0.5, 0.6) is 0 Å². The Morgan fingerprint density at radius 3 is 2.78 bits per heavy atom. The second-order valence-electron chi connectivity index (χ2n) is 4.64. The third kappa shape index (κ3) is 3.55. The van der Waals surface area contributed by atoms with Gasteiger partial charge in [-0.2, -0.15) is 0 Å². The Hall–Kier alpha value is -1.39. The van der Waals surface area contributed by atoms with Gasteiger partial charge in [-0.15, -0.1) is 11.3 Å². The molecule has 0 saturated heterocycles. The van der Waals surface area contributed by atoms with E-state index >= 15 is 0 Å². The van der Waals surface area contributed by atoms with Crippen LogP contribution in [0.15, 0.2) is 35.8 Å². The fraction of sp³-hybridized carbons (Fsp3) is 0.357. The molecule has 4 heteroatoms. The van der Waals surface area contributed by atoms with Crippen LogP contribution in [0.1, 0.15) is 17.4 Å². The Morgan fingerprint density at radius 1 is 1.39 bits per heavy atom. The van der Waals surface area contributed by atoms with Gasteiger partial charge in [0.25, 0.3) is 0 Å². The number of nitrogens with zero attached hydrogens (tertiary/aromatic N) is 2. The van der Waals surface area contributed by atoms with E-state index < -0.39 is 0 Å². The largest absolute Gasteiger partial charge is 0.355 e. The Labute approximate surface area is 112 Å². The van der Waals surface area contributed by atoms with Crippen LogP contribution in [0.25, 0.3) is 0 Å². The average Bonchev–Trinajstić information content (AvgIpc) is 2.82. The molecule has 0 bridgehead atoms. The van der Waals surface area contributed by atoms with E-state index in [-0.39, 0.29) is 6.04 Å². The molecule has 1 atom stereocenters. The normalized spacial score (nSPS) is 12.4. The maximum atomic E-state index is 5.78. The minimum Gasteiger partial charge on any atom is -0.355 e. The van der Waals surface area contributed by atoms with E-state index in [1.54, 1.807) is 11.3 Å². The van der Waals surface area contributed by atoms with Crippen molar-refractivity contribution >= 4 is 17.2 Å². The van der Waals surface area contributed by atoms with Gasteiger partial charge in [0.1, 0.15) is 5.82 Å². The predicted molar refractivity (Wildman–Crippen MR) is 78.0 cm³/mol. The molecule has 1 unspecified atom stereocenters. The van der Waals surface area contributed by atoms with Gasteiger partial charge < -0.3 is 10.6 Å². The molecule has 2 rings (SSSR count). The van der Waals surface area contributed by atoms with Crippen LogP contribution in [-0.4, -0.2) is 18.1 Å². The lowest BCUT2D eigenvalue weighted by Crippen LogP contribution is -2.19. The summed E-state index contributed by atoms with van der Waals surface area (Å²) in [6.45, 7) is 2.91. The van der Waals surface area contributed by atoms with Crippen LogP contribution in [0.3, 0.4) is 0 Å². The zero-order valence-electron chi connectivity index (χ0n) is 10.8. The maximum Gasteiger partial charge on any atom is 0.128 e. The highest BCUT2D eigenvalue weighted by molar-refractivity contribution is 7.09. The highest BCUT2D eigenvalue weighted by Gasteiger charge is 2.05. The Kier molecular flexibility index (Phi) is 4.33. The van der Waals surface area contributed by atoms with Crippen molar-refractivity contribution < 1.29 is 0 Å². The van der Waals surface area contributed by atoms with Crippen molar-refractivity contribution in [2.75, 3.05) is 11.9 Å². The second-order valence-corrected chi connectivity index (χ2v) is 5.67. The Bertz CT molecular complexity index is 462. The minimum atomic E-state index is 0.182. The molecule has 0 aliphatic heterocycles. The van der Waals surface area contributed by atoms with Gasteiger partial charge in [0.2, 0.25) is 0 Å². The zero-order valence-corrected chi connectivity index (χ0v) is 11.7. The number of rotatable bonds is 5. The molecule has 0 spiro atoms. The SMILES string of the molecule is CC(N)Cc1ccc(N(C)Cc2cccs2)nc1. The van der Waals surface area contributed by atoms with Gasteiger partial charge >= 0.3 is 0 Å². The van der Waals surface area contributed by atoms with Gasteiger partial charge in [-0.05, 0) is 36.4 Å². The first kappa shape index (κ1) is 13.1. The number of hydrogen-bond acceptors (Lipinski definition) is 4. The van der Waals surface area contributed by atoms with Crippen molar-refractivity contribution in [1.82, 2.24) is 4.98 Å². The molecule has 3 nitrogen and oxygen atoms in total. The highest BCUT2D eigenvalue weighted by atomic mass is 32.1. The molecule has 0 saturated carbocycles. The van der Waals surface area contributed by atoms with E-state index in [2.05, 4.69) is 46.6 Å². The molecule has 2 aromatic heterocycles. The molecule has 0 radical (unpaired) electrons. The Balaban J connectivity index is 2.00. The molecule has 0 aliphatic rings. The summed E-state index contributed by atoms with van der Waals surface area (Å²) < 4.78 is 0. The fourth-order valence-electron chi connectivity index (χ4n) is 1.85. The average molecular weight is 261 g/mol. The van der Waals surface area contributed by atoms with Gasteiger partial charge in [0.15, 0.2) is 0 Å². The Morgan fingerprint density at radius 2 is 2.22 bits per heavy atom. The van der Waals surface area contributed by atoms with Crippen molar-refractivity contribution in [2.45, 2.75) is 25.9 Å². The van der Waals surface area contributed by atoms with Gasteiger partial charge in [-0.25, -0.2) is 4.98 Å². The summed E-state index contributed by atoms with van der Waals surface area (Å²) in [4.78, 5) is 7.99. The smallest absolute Gasteiger partial charge is 0.128 e. The lowest BCUT2D eigenvalue weighted by atomic mass is 10.1. The summed E-state index contributed by atoms with van der Waals surface area (Å²) in [5.74, 6) is 0.997. The van der Waals surface area contributed by atoms with Crippen molar-refractivity contribution in [3.05, 3.63) is 46.3 Å². The van der Waals surface area contributed by atoms with E-state index in [4.69, 9.17) is 5.73 Å². The molecule has 2 heterocycles. The summed E-state index contributed by atoms with van der Waals surface area (Å²) >= 11 is 1.77. The number of thiophene rings is 1. The molecule has 0 aromatic carbocycles. The zero-order chi connectivity index (χ0) is 13.0. The van der Waals surface area contributed by atoms with Crippen molar-refractivity contribution in [1.29, 1.82) is 0 Å². The van der Waals surface area contributed by atoms with Crippen LogP contribution < -0.4 is 10.6 Å². The number of pyridine rings is 1. The van der Waals surface area contributed by atoms with E-state index in [0.29, 0.717) is 0 Å². The van der Waals surface area contributed by atoms with Gasteiger partial charge in [-0.3, -0.25) is 0 Å². The molecule has 0 fully saturated rings. The van der Waals surface area contributed by atoms with Gasteiger partial charge in [0, 0.05) is 24.2 Å². The topological polar surface area (TPSA) is 42.1 Å². The van der Waals surface area contributed by atoms with Crippen LogP contribution >= 0.6 is 11.3 Å². The summed E-state index contributed by atoms with van der Waals surface area (Å²) in [6.07, 6.45) is 2.80. The monoisotopic (exact) mass is 261 g/mol. The summed E-state index contributed by atoms with van der Waals surface area (Å²) in [6, 6.07) is 8.57. The maximum absolute atomic E-state index is 5.78. The molecule has 18 heavy (non-hydrogen) atoms. The van der Waals surface area contributed by atoms with E-state index in [1.807, 2.05) is 13.1 Å². The predicted octanol–water partition coefficient (Wildman–Crippen LogP) is 2.67. The standard InChI is InChI=1S/C14H19N3S/c1-11(15)8-12-5-6-14(16-9-12)17(2)10-13-4-3-7-18-13/h3-7,9,11H,8,10,15H2,1-2H3. The highest BCUT2D eigenvalue weighted by Crippen LogP contribution is 2.16. The van der Waals surface area contributed by atoms with Crippen molar-refractivity contribution in [2.24, 2.45) is 5.73 Å². The molecular weight excluding hydrogens is 242 g/mol. The van der Waals surface area contributed by atoms with Crippen molar-refractivity contribution in [3.8, 4) is 0 Å². The molecule has 0 aliphatic carbocycles. The van der Waals surface area contributed by atoms with Crippen LogP contribution in [0.4, 0.5) is 5.82 Å². The molecular formula is C14H19N3S. The van der Waals surface area contributed by atoms with Crippen molar-refractivity contribution in [3.63, 3.8) is 0 Å². The number of anilines is 1. The van der Waals surface area contributed by atoms with Crippen LogP contribution in [0.2, 0.25) is 0 Å². The molecule has 2 aromatic rings.